The van der Waals surface area contributed by atoms with Gasteiger partial charge in [0.15, 0.2) is 0 Å². The third kappa shape index (κ3) is 0.971. The molecule has 0 radical (unpaired) electrons. The van der Waals surface area contributed by atoms with Crippen LogP contribution in [0, 0.1) is 17.2 Å². The first kappa shape index (κ1) is 6.89. The Morgan fingerprint density at radius 2 is 2.45 bits per heavy atom. The molecule has 1 heterocycles. The number of fused-ring (bicyclic) bond motifs is 1. The van der Waals surface area contributed by atoms with Gasteiger partial charge in [0.1, 0.15) is 0 Å². The Kier molecular flexibility index (Phi) is 1.48. The molecule has 11 heavy (non-hydrogen) atoms. The average Bonchev–Trinajstić information content (AvgIpc) is 2.30. The lowest BCUT2D eigenvalue weighted by molar-refractivity contribution is 0.456. The van der Waals surface area contributed by atoms with Crippen molar-refractivity contribution in [3.63, 3.8) is 0 Å². The van der Waals surface area contributed by atoms with Gasteiger partial charge in [-0.15, -0.1) is 0 Å². The van der Waals surface area contributed by atoms with Gasteiger partial charge in [-0.2, -0.15) is 0 Å². The van der Waals surface area contributed by atoms with Gasteiger partial charge in [0.25, 0.3) is 0 Å². The zero-order chi connectivity index (χ0) is 7.84. The lowest BCUT2D eigenvalue weighted by Gasteiger charge is -2.17. The van der Waals surface area contributed by atoms with Gasteiger partial charge >= 0.3 is 0 Å². The van der Waals surface area contributed by atoms with Crippen LogP contribution in [-0.4, -0.2) is 24.3 Å². The van der Waals surface area contributed by atoms with Crippen molar-refractivity contribution in [2.45, 2.75) is 12.8 Å². The van der Waals surface area contributed by atoms with Crippen molar-refractivity contribution in [2.24, 2.45) is 11.8 Å². The summed E-state index contributed by atoms with van der Waals surface area (Å²) in [4.78, 5) is 2.07. The van der Waals surface area contributed by atoms with Crippen molar-refractivity contribution in [3.05, 3.63) is 12.2 Å². The maximum absolute atomic E-state index is 7.77. The molecule has 2 atom stereocenters. The van der Waals surface area contributed by atoms with Crippen LogP contribution in [0.15, 0.2) is 12.2 Å². The van der Waals surface area contributed by atoms with Crippen LogP contribution in [0.4, 0.5) is 0 Å². The van der Waals surface area contributed by atoms with E-state index in [1.54, 1.807) is 0 Å². The van der Waals surface area contributed by atoms with Gasteiger partial charge in [-0.05, 0) is 12.8 Å². The molecule has 1 aliphatic heterocycles. The molecule has 0 spiro atoms. The molecule has 0 saturated carbocycles. The molecule has 1 saturated heterocycles. The summed E-state index contributed by atoms with van der Waals surface area (Å²) in [5.41, 5.74) is 0. The summed E-state index contributed by atoms with van der Waals surface area (Å²) in [6.45, 7) is 1.06. The van der Waals surface area contributed by atoms with Gasteiger partial charge in [0, 0.05) is 25.4 Å². The number of nitrogens with zero attached hydrogens (tertiary/aromatic N) is 1. The molecular weight excluding hydrogens is 136 g/mol. The molecule has 1 fully saturated rings. The summed E-state index contributed by atoms with van der Waals surface area (Å²) in [5, 5.41) is 7.77. The van der Waals surface area contributed by atoms with Crippen molar-refractivity contribution in [3.8, 4) is 0 Å². The molecule has 0 aromatic carbocycles. The molecule has 0 bridgehead atoms. The van der Waals surface area contributed by atoms with E-state index in [9.17, 15) is 0 Å². The number of amidine groups is 1. The molecular formula is C9H14N2. The molecule has 2 heteroatoms. The second-order valence-electron chi connectivity index (χ2n) is 3.54. The molecule has 2 nitrogen and oxygen atoms in total. The number of hydrogen-bond acceptors (Lipinski definition) is 1. The molecule has 2 unspecified atom stereocenters. The summed E-state index contributed by atoms with van der Waals surface area (Å²) >= 11 is 0. The van der Waals surface area contributed by atoms with Crippen LogP contribution in [-0.2, 0) is 0 Å². The second-order valence-corrected chi connectivity index (χ2v) is 3.54. The normalized spacial score (nSPS) is 36.1. The molecule has 2 rings (SSSR count). The van der Waals surface area contributed by atoms with E-state index in [1.807, 2.05) is 7.05 Å². The number of likely N-dealkylation sites (tertiary alicyclic amines) is 1. The zero-order valence-electron chi connectivity index (χ0n) is 6.88. The highest BCUT2D eigenvalue weighted by Gasteiger charge is 2.34. The average molecular weight is 150 g/mol. The van der Waals surface area contributed by atoms with Gasteiger partial charge in [-0.1, -0.05) is 12.2 Å². The number of rotatable bonds is 0. The van der Waals surface area contributed by atoms with E-state index >= 15 is 0 Å². The van der Waals surface area contributed by atoms with Crippen LogP contribution < -0.4 is 0 Å². The van der Waals surface area contributed by atoms with E-state index in [-0.39, 0.29) is 0 Å². The van der Waals surface area contributed by atoms with Crippen molar-refractivity contribution in [1.29, 1.82) is 5.41 Å². The van der Waals surface area contributed by atoms with Crippen LogP contribution >= 0.6 is 0 Å². The molecule has 60 valence electrons. The summed E-state index contributed by atoms with van der Waals surface area (Å²) in [5.74, 6) is 2.02. The second kappa shape index (κ2) is 2.36. The van der Waals surface area contributed by atoms with E-state index in [2.05, 4.69) is 17.1 Å². The van der Waals surface area contributed by atoms with Crippen LogP contribution in [0.3, 0.4) is 0 Å². The third-order valence-corrected chi connectivity index (χ3v) is 2.79. The standard InChI is InChI=1S/C9H14N2/c1-11-6-7-4-2-3-5-8(7)9(11)10/h2,4,7-8,10H,3,5-6H2,1H3. The minimum Gasteiger partial charge on any atom is -0.363 e. The predicted octanol–water partition coefficient (Wildman–Crippen LogP) is 1.49. The quantitative estimate of drug-likeness (QED) is 0.520. The molecule has 2 aliphatic rings. The Morgan fingerprint density at radius 3 is 3.18 bits per heavy atom. The first-order valence-corrected chi connectivity index (χ1v) is 4.25. The molecule has 0 aromatic heterocycles. The third-order valence-electron chi connectivity index (χ3n) is 2.79. The van der Waals surface area contributed by atoms with E-state index < -0.39 is 0 Å². The SMILES string of the molecule is CN1CC2C=CCCC2C1=N. The minimum absolute atomic E-state index is 0.532. The molecule has 0 amide bonds. The summed E-state index contributed by atoms with van der Waals surface area (Å²) in [6.07, 6.45) is 6.89. The van der Waals surface area contributed by atoms with Gasteiger partial charge in [-0.25, -0.2) is 0 Å². The van der Waals surface area contributed by atoms with E-state index in [0.717, 1.165) is 18.8 Å². The van der Waals surface area contributed by atoms with Crippen LogP contribution in [0.1, 0.15) is 12.8 Å². The van der Waals surface area contributed by atoms with Crippen molar-refractivity contribution in [1.82, 2.24) is 4.90 Å². The predicted molar refractivity (Wildman–Crippen MR) is 45.7 cm³/mol. The first-order chi connectivity index (χ1) is 5.29. The number of allylic oxidation sites excluding steroid dienone is 1. The molecule has 1 N–H and O–H groups in total. The fourth-order valence-corrected chi connectivity index (χ4v) is 2.12. The highest BCUT2D eigenvalue weighted by molar-refractivity contribution is 5.84. The van der Waals surface area contributed by atoms with E-state index in [4.69, 9.17) is 5.41 Å². The Hall–Kier alpha value is -0.790. The summed E-state index contributed by atoms with van der Waals surface area (Å²) in [7, 11) is 2.02. The van der Waals surface area contributed by atoms with Gasteiger partial charge < -0.3 is 4.90 Å². The summed E-state index contributed by atoms with van der Waals surface area (Å²) < 4.78 is 0. The first-order valence-electron chi connectivity index (χ1n) is 4.25. The Balaban J connectivity index is 2.21. The number of hydrogen-bond donors (Lipinski definition) is 1. The Bertz CT molecular complexity index is 208. The van der Waals surface area contributed by atoms with Crippen LogP contribution in [0.5, 0.6) is 0 Å². The largest absolute Gasteiger partial charge is 0.363 e. The van der Waals surface area contributed by atoms with Crippen molar-refractivity contribution < 1.29 is 0 Å². The topological polar surface area (TPSA) is 27.1 Å². The Morgan fingerprint density at radius 1 is 1.64 bits per heavy atom. The summed E-state index contributed by atoms with van der Waals surface area (Å²) in [6, 6.07) is 0. The lowest BCUT2D eigenvalue weighted by atomic mass is 9.86. The van der Waals surface area contributed by atoms with Crippen LogP contribution in [0.2, 0.25) is 0 Å². The van der Waals surface area contributed by atoms with Crippen LogP contribution in [0.25, 0.3) is 0 Å². The lowest BCUT2D eigenvalue weighted by Crippen LogP contribution is -2.22. The fraction of sp³-hybridized carbons (Fsp3) is 0.667. The monoisotopic (exact) mass is 150 g/mol. The smallest absolute Gasteiger partial charge is 0.0993 e. The maximum atomic E-state index is 7.77. The van der Waals surface area contributed by atoms with Gasteiger partial charge in [0.2, 0.25) is 0 Å². The highest BCUT2D eigenvalue weighted by atomic mass is 15.2. The van der Waals surface area contributed by atoms with Gasteiger partial charge in [0.05, 0.1) is 5.84 Å². The highest BCUT2D eigenvalue weighted by Crippen LogP contribution is 2.32. The Labute approximate surface area is 67.4 Å². The van der Waals surface area contributed by atoms with E-state index in [0.29, 0.717) is 11.8 Å². The van der Waals surface area contributed by atoms with Gasteiger partial charge in [-0.3, -0.25) is 5.41 Å². The molecule has 1 aliphatic carbocycles. The van der Waals surface area contributed by atoms with Crippen molar-refractivity contribution >= 4 is 5.84 Å². The minimum atomic E-state index is 0.532. The van der Waals surface area contributed by atoms with Crippen molar-refractivity contribution in [2.75, 3.05) is 13.6 Å². The zero-order valence-corrected chi connectivity index (χ0v) is 6.88. The van der Waals surface area contributed by atoms with E-state index in [1.165, 1.54) is 6.42 Å². The number of nitrogens with one attached hydrogen (secondary N) is 1. The molecule has 0 aromatic rings. The fourth-order valence-electron chi connectivity index (χ4n) is 2.12. The maximum Gasteiger partial charge on any atom is 0.0993 e.